The Kier molecular flexibility index (Phi) is 6.77. The van der Waals surface area contributed by atoms with Crippen LogP contribution in [0, 0.1) is 11.3 Å². The Morgan fingerprint density at radius 3 is 2.27 bits per heavy atom. The highest BCUT2D eigenvalue weighted by Crippen LogP contribution is 2.30. The van der Waals surface area contributed by atoms with E-state index in [2.05, 4.69) is 31.6 Å². The zero-order chi connectivity index (χ0) is 23.2. The smallest absolute Gasteiger partial charge is 0.264 e. The largest absolute Gasteiger partial charge is 0.351 e. The predicted molar refractivity (Wildman–Crippen MR) is 130 cm³/mol. The molecule has 3 aromatic carbocycles. The van der Waals surface area contributed by atoms with Crippen LogP contribution < -0.4 is 10.6 Å². The summed E-state index contributed by atoms with van der Waals surface area (Å²) in [6, 6.07) is 25.9. The summed E-state index contributed by atoms with van der Waals surface area (Å²) < 4.78 is 0.866. The standard InChI is InChI=1S/C26H19BrN4O2/c27-19-12-10-18(11-13-19)25(32)31-24-21-9-5-4-8-20(21)23(30-24)22(16-28)26(33)29-15-14-17-6-2-1-3-7-17/h1-13H,14-15H2,(H,29,33)(H,30,31,32)/b23-22-. The molecule has 0 spiro atoms. The van der Waals surface area contributed by atoms with E-state index < -0.39 is 5.91 Å². The number of nitrogens with zero attached hydrogens (tertiary/aromatic N) is 2. The van der Waals surface area contributed by atoms with Crippen molar-refractivity contribution in [1.29, 1.82) is 5.26 Å². The molecule has 0 bridgehead atoms. The molecular weight excluding hydrogens is 480 g/mol. The summed E-state index contributed by atoms with van der Waals surface area (Å²) in [6.45, 7) is 0.389. The summed E-state index contributed by atoms with van der Waals surface area (Å²) in [6.07, 6.45) is 0.648. The maximum Gasteiger partial charge on any atom is 0.264 e. The molecule has 162 valence electrons. The van der Waals surface area contributed by atoms with Gasteiger partial charge in [0.25, 0.3) is 11.8 Å². The van der Waals surface area contributed by atoms with Crippen molar-refractivity contribution in [1.82, 2.24) is 10.6 Å². The Labute approximate surface area is 199 Å². The van der Waals surface area contributed by atoms with Crippen molar-refractivity contribution in [2.75, 3.05) is 6.54 Å². The van der Waals surface area contributed by atoms with Gasteiger partial charge in [-0.1, -0.05) is 70.5 Å². The van der Waals surface area contributed by atoms with Gasteiger partial charge in [-0.15, -0.1) is 0 Å². The lowest BCUT2D eigenvalue weighted by molar-refractivity contribution is -0.117. The van der Waals surface area contributed by atoms with Crippen LogP contribution in [0.3, 0.4) is 0 Å². The second-order valence-corrected chi connectivity index (χ2v) is 8.21. The molecule has 0 radical (unpaired) electrons. The number of hydrogen-bond acceptors (Lipinski definition) is 4. The molecule has 0 aliphatic carbocycles. The topological polar surface area (TPSA) is 94.3 Å². The molecule has 3 aromatic rings. The van der Waals surface area contributed by atoms with Crippen LogP contribution >= 0.6 is 15.9 Å². The Balaban J connectivity index is 1.57. The summed E-state index contributed by atoms with van der Waals surface area (Å²) >= 11 is 3.35. The van der Waals surface area contributed by atoms with Crippen molar-refractivity contribution < 1.29 is 9.59 Å². The highest BCUT2D eigenvalue weighted by Gasteiger charge is 2.27. The van der Waals surface area contributed by atoms with Gasteiger partial charge in [0.1, 0.15) is 17.5 Å². The van der Waals surface area contributed by atoms with Crippen molar-refractivity contribution >= 4 is 39.3 Å². The molecule has 0 unspecified atom stereocenters. The molecule has 6 nitrogen and oxygen atoms in total. The van der Waals surface area contributed by atoms with E-state index in [-0.39, 0.29) is 17.2 Å². The fraction of sp³-hybridized carbons (Fsp3) is 0.0769. The lowest BCUT2D eigenvalue weighted by Gasteiger charge is -2.06. The number of carbonyl (C=O) groups is 2. The van der Waals surface area contributed by atoms with Crippen molar-refractivity contribution in [3.05, 3.63) is 111 Å². The normalized spacial score (nSPS) is 13.4. The van der Waals surface area contributed by atoms with E-state index in [9.17, 15) is 14.9 Å². The number of rotatable bonds is 5. The average Bonchev–Trinajstić information content (AvgIpc) is 3.19. The fourth-order valence-corrected chi connectivity index (χ4v) is 3.72. The highest BCUT2D eigenvalue weighted by molar-refractivity contribution is 9.10. The van der Waals surface area contributed by atoms with Gasteiger partial charge in [0, 0.05) is 27.7 Å². The first-order chi connectivity index (χ1) is 16.1. The molecule has 0 saturated carbocycles. The van der Waals surface area contributed by atoms with Gasteiger partial charge in [0.15, 0.2) is 0 Å². The third kappa shape index (κ3) is 5.08. The average molecular weight is 499 g/mol. The van der Waals surface area contributed by atoms with Crippen LogP contribution in [0.1, 0.15) is 27.0 Å². The molecular formula is C26H19BrN4O2. The molecule has 2 amide bonds. The molecule has 4 rings (SSSR count). The number of hydrogen-bond donors (Lipinski definition) is 2. The summed E-state index contributed by atoms with van der Waals surface area (Å²) in [5, 5.41) is 15.3. The number of amides is 2. The molecule has 0 atom stereocenters. The second-order valence-electron chi connectivity index (χ2n) is 7.29. The number of nitriles is 1. The van der Waals surface area contributed by atoms with Crippen LogP contribution in [0.25, 0.3) is 5.70 Å². The van der Waals surface area contributed by atoms with Crippen molar-refractivity contribution in [2.24, 2.45) is 4.99 Å². The lowest BCUT2D eigenvalue weighted by atomic mass is 10.0. The van der Waals surface area contributed by atoms with Crippen LogP contribution in [-0.2, 0) is 11.2 Å². The Hall–Kier alpha value is -4.02. The van der Waals surface area contributed by atoms with Gasteiger partial charge in [0.05, 0.1) is 5.70 Å². The van der Waals surface area contributed by atoms with Crippen molar-refractivity contribution in [2.45, 2.75) is 6.42 Å². The monoisotopic (exact) mass is 498 g/mol. The van der Waals surface area contributed by atoms with E-state index in [0.717, 1.165) is 10.0 Å². The van der Waals surface area contributed by atoms with Gasteiger partial charge < -0.3 is 10.6 Å². The molecule has 7 heteroatoms. The molecule has 1 aliphatic heterocycles. The van der Waals surface area contributed by atoms with Crippen LogP contribution in [0.2, 0.25) is 0 Å². The van der Waals surface area contributed by atoms with Gasteiger partial charge in [-0.3, -0.25) is 9.59 Å². The first-order valence-corrected chi connectivity index (χ1v) is 11.1. The molecule has 33 heavy (non-hydrogen) atoms. The van der Waals surface area contributed by atoms with E-state index in [1.165, 1.54) is 0 Å². The minimum atomic E-state index is -0.498. The fourth-order valence-electron chi connectivity index (χ4n) is 3.46. The Bertz CT molecular complexity index is 1310. The first kappa shape index (κ1) is 22.2. The van der Waals surface area contributed by atoms with Gasteiger partial charge in [-0.05, 0) is 36.2 Å². The van der Waals surface area contributed by atoms with Crippen LogP contribution in [0.4, 0.5) is 0 Å². The highest BCUT2D eigenvalue weighted by atomic mass is 79.9. The zero-order valence-electron chi connectivity index (χ0n) is 17.5. The van der Waals surface area contributed by atoms with Gasteiger partial charge in [0.2, 0.25) is 0 Å². The number of carbonyl (C=O) groups excluding carboxylic acids is 2. The van der Waals surface area contributed by atoms with E-state index in [4.69, 9.17) is 0 Å². The van der Waals surface area contributed by atoms with E-state index in [1.807, 2.05) is 42.5 Å². The predicted octanol–water partition coefficient (Wildman–Crippen LogP) is 4.23. The number of halogens is 1. The Morgan fingerprint density at radius 1 is 0.909 bits per heavy atom. The summed E-state index contributed by atoms with van der Waals surface area (Å²) in [5.74, 6) is -0.524. The zero-order valence-corrected chi connectivity index (χ0v) is 19.1. The van der Waals surface area contributed by atoms with Gasteiger partial charge in [-0.2, -0.15) is 5.26 Å². The van der Waals surface area contributed by atoms with Crippen LogP contribution in [0.5, 0.6) is 0 Å². The molecule has 0 fully saturated rings. The SMILES string of the molecule is N#C/C(C(=O)NCCc1ccccc1)=C1/N=C(NC(=O)c2ccc(Br)cc2)c2ccccc21. The number of nitrogens with one attached hydrogen (secondary N) is 2. The van der Waals surface area contributed by atoms with E-state index >= 15 is 0 Å². The van der Waals surface area contributed by atoms with E-state index in [1.54, 1.807) is 42.5 Å². The number of fused-ring (bicyclic) bond motifs is 1. The van der Waals surface area contributed by atoms with Crippen LogP contribution in [0.15, 0.2) is 93.9 Å². The third-order valence-corrected chi connectivity index (χ3v) is 5.65. The minimum absolute atomic E-state index is 0.0941. The first-order valence-electron chi connectivity index (χ1n) is 10.3. The summed E-state index contributed by atoms with van der Waals surface area (Å²) in [5.41, 5.74) is 2.99. The van der Waals surface area contributed by atoms with E-state index in [0.29, 0.717) is 35.5 Å². The molecule has 0 aromatic heterocycles. The van der Waals surface area contributed by atoms with Gasteiger partial charge >= 0.3 is 0 Å². The molecule has 0 saturated heterocycles. The molecule has 2 N–H and O–H groups in total. The minimum Gasteiger partial charge on any atom is -0.351 e. The quantitative estimate of drug-likeness (QED) is 0.407. The Morgan fingerprint density at radius 2 is 1.58 bits per heavy atom. The molecule has 1 heterocycles. The van der Waals surface area contributed by atoms with Crippen LogP contribution in [-0.4, -0.2) is 24.2 Å². The number of benzene rings is 3. The second kappa shape index (κ2) is 10.1. The van der Waals surface area contributed by atoms with Crippen molar-refractivity contribution in [3.8, 4) is 6.07 Å². The summed E-state index contributed by atoms with van der Waals surface area (Å²) in [4.78, 5) is 30.0. The number of aliphatic imine (C=N–C) groups is 1. The van der Waals surface area contributed by atoms with Crippen molar-refractivity contribution in [3.63, 3.8) is 0 Å². The molecule has 1 aliphatic rings. The lowest BCUT2D eigenvalue weighted by Crippen LogP contribution is -2.30. The maximum atomic E-state index is 12.8. The summed E-state index contributed by atoms with van der Waals surface area (Å²) in [7, 11) is 0. The van der Waals surface area contributed by atoms with Gasteiger partial charge in [-0.25, -0.2) is 4.99 Å². The number of amidine groups is 1. The third-order valence-electron chi connectivity index (χ3n) is 5.12. The maximum absolute atomic E-state index is 12.8.